The number of anilines is 4. The fourth-order valence-electron chi connectivity index (χ4n) is 4.54. The number of aromatic amines is 2. The SMILES string of the molecule is CCc1nc2ccc(NC(=S)Nc3ccc(C)cc3)cc2[nH]1.CCc1nc2ccc(NC(=S)Nc3ccccc3C)cc2[nH]1. The zero-order valence-corrected chi connectivity index (χ0v) is 26.8. The van der Waals surface area contributed by atoms with Crippen molar-refractivity contribution in [1.82, 2.24) is 19.9 Å². The van der Waals surface area contributed by atoms with Crippen LogP contribution < -0.4 is 21.3 Å². The number of hydrogen-bond acceptors (Lipinski definition) is 4. The number of nitrogens with zero attached hydrogens (tertiary/aromatic N) is 2. The van der Waals surface area contributed by atoms with E-state index in [2.05, 4.69) is 62.0 Å². The summed E-state index contributed by atoms with van der Waals surface area (Å²) in [6.45, 7) is 8.27. The highest BCUT2D eigenvalue weighted by molar-refractivity contribution is 7.81. The monoisotopic (exact) mass is 620 g/mol. The van der Waals surface area contributed by atoms with Crippen LogP contribution in [0.2, 0.25) is 0 Å². The number of hydrogen-bond donors (Lipinski definition) is 6. The second kappa shape index (κ2) is 14.1. The number of aromatic nitrogens is 4. The van der Waals surface area contributed by atoms with Crippen molar-refractivity contribution >= 4 is 79.5 Å². The van der Waals surface area contributed by atoms with Crippen LogP contribution in [0.1, 0.15) is 36.6 Å². The van der Waals surface area contributed by atoms with Crippen LogP contribution in [0.15, 0.2) is 84.9 Å². The predicted octanol–water partition coefficient (Wildman–Crippen LogP) is 8.49. The molecule has 4 aromatic carbocycles. The number of aryl methyl sites for hydroxylation is 4. The Bertz CT molecular complexity index is 1910. The van der Waals surface area contributed by atoms with Gasteiger partial charge in [-0.3, -0.25) is 0 Å². The molecule has 0 aliphatic rings. The van der Waals surface area contributed by atoms with Gasteiger partial charge >= 0.3 is 0 Å². The average Bonchev–Trinajstić information content (AvgIpc) is 3.63. The third kappa shape index (κ3) is 7.97. The van der Waals surface area contributed by atoms with Gasteiger partial charge in [-0.05, 0) is 98.4 Å². The van der Waals surface area contributed by atoms with Crippen molar-refractivity contribution in [3.05, 3.63) is 108 Å². The molecule has 6 N–H and O–H groups in total. The lowest BCUT2D eigenvalue weighted by Gasteiger charge is -2.12. The van der Waals surface area contributed by atoms with E-state index in [4.69, 9.17) is 24.4 Å². The second-order valence-corrected chi connectivity index (χ2v) is 11.2. The molecule has 6 aromatic rings. The van der Waals surface area contributed by atoms with Gasteiger partial charge in [0.1, 0.15) is 11.6 Å². The van der Waals surface area contributed by atoms with Gasteiger partial charge in [0.05, 0.1) is 22.1 Å². The number of imidazole rings is 2. The molecule has 8 nitrogen and oxygen atoms in total. The molecule has 44 heavy (non-hydrogen) atoms. The van der Waals surface area contributed by atoms with Crippen molar-refractivity contribution in [2.75, 3.05) is 21.3 Å². The van der Waals surface area contributed by atoms with Crippen LogP contribution in [0.5, 0.6) is 0 Å². The molecule has 0 amide bonds. The molecule has 10 heteroatoms. The fourth-order valence-corrected chi connectivity index (χ4v) is 5.01. The van der Waals surface area contributed by atoms with Crippen molar-refractivity contribution < 1.29 is 0 Å². The zero-order chi connectivity index (χ0) is 31.1. The highest BCUT2D eigenvalue weighted by atomic mass is 32.1. The van der Waals surface area contributed by atoms with Crippen LogP contribution in [-0.2, 0) is 12.8 Å². The van der Waals surface area contributed by atoms with Gasteiger partial charge in [0.15, 0.2) is 10.2 Å². The van der Waals surface area contributed by atoms with Crippen LogP contribution in [-0.4, -0.2) is 30.2 Å². The molecule has 0 fully saturated rings. The van der Waals surface area contributed by atoms with E-state index in [1.165, 1.54) is 5.56 Å². The Balaban J connectivity index is 0.000000175. The summed E-state index contributed by atoms with van der Waals surface area (Å²) >= 11 is 10.7. The van der Waals surface area contributed by atoms with Gasteiger partial charge in [-0.2, -0.15) is 0 Å². The molecule has 0 bridgehead atoms. The molecular weight excluding hydrogens is 585 g/mol. The van der Waals surface area contributed by atoms with E-state index in [-0.39, 0.29) is 0 Å². The molecule has 224 valence electrons. The minimum absolute atomic E-state index is 0.568. The first-order chi connectivity index (χ1) is 21.3. The second-order valence-electron chi connectivity index (χ2n) is 10.4. The number of para-hydroxylation sites is 1. The molecule has 0 saturated heterocycles. The molecule has 0 radical (unpaired) electrons. The number of thiocarbonyl (C=S) groups is 2. The van der Waals surface area contributed by atoms with Crippen molar-refractivity contribution in [2.45, 2.75) is 40.5 Å². The number of nitrogens with one attached hydrogen (secondary N) is 6. The van der Waals surface area contributed by atoms with Crippen LogP contribution in [0.3, 0.4) is 0 Å². The van der Waals surface area contributed by atoms with Gasteiger partial charge < -0.3 is 31.2 Å². The lowest BCUT2D eigenvalue weighted by Crippen LogP contribution is -2.19. The minimum Gasteiger partial charge on any atom is -0.342 e. The summed E-state index contributed by atoms with van der Waals surface area (Å²) in [5, 5.41) is 13.9. The number of fused-ring (bicyclic) bond motifs is 2. The maximum absolute atomic E-state index is 5.38. The topological polar surface area (TPSA) is 105 Å². The Morgan fingerprint density at radius 2 is 1.09 bits per heavy atom. The molecule has 6 rings (SSSR count). The van der Waals surface area contributed by atoms with Crippen LogP contribution in [0.25, 0.3) is 22.1 Å². The summed E-state index contributed by atoms with van der Waals surface area (Å²) in [4.78, 5) is 15.6. The third-order valence-corrected chi connectivity index (χ3v) is 7.36. The molecule has 0 atom stereocenters. The molecule has 0 aliphatic heterocycles. The first-order valence-corrected chi connectivity index (χ1v) is 15.4. The molecule has 2 heterocycles. The standard InChI is InChI=1S/2C17H18N4S/c1-3-16-20-14-9-8-13(10-15(14)21-16)19-17(22)18-12-6-4-11(2)5-7-12;1-3-16-19-14-9-8-12(10-15(14)20-16)18-17(22)21-13-7-5-4-6-11(13)2/h4-10H,3H2,1-2H3,(H,20,21)(H2,18,19,22);4-10H,3H2,1-2H3,(H,19,20)(H2,18,21,22). The van der Waals surface area contributed by atoms with E-state index in [0.717, 1.165) is 74.9 Å². The molecule has 0 unspecified atom stereocenters. The Morgan fingerprint density at radius 1 is 0.614 bits per heavy atom. The predicted molar refractivity (Wildman–Crippen MR) is 193 cm³/mol. The number of H-pyrrole nitrogens is 2. The number of rotatable bonds is 6. The summed E-state index contributed by atoms with van der Waals surface area (Å²) in [6, 6.07) is 28.1. The van der Waals surface area contributed by atoms with Gasteiger partial charge in [-0.1, -0.05) is 49.7 Å². The van der Waals surface area contributed by atoms with Gasteiger partial charge in [-0.25, -0.2) is 9.97 Å². The lowest BCUT2D eigenvalue weighted by atomic mass is 10.2. The smallest absolute Gasteiger partial charge is 0.175 e. The lowest BCUT2D eigenvalue weighted by molar-refractivity contribution is 1.00. The average molecular weight is 621 g/mol. The number of benzene rings is 4. The summed E-state index contributed by atoms with van der Waals surface area (Å²) in [5.74, 6) is 1.99. The molecule has 0 aliphatic carbocycles. The van der Waals surface area contributed by atoms with E-state index in [0.29, 0.717) is 10.2 Å². The Hall–Kier alpha value is -4.80. The van der Waals surface area contributed by atoms with E-state index >= 15 is 0 Å². The van der Waals surface area contributed by atoms with E-state index in [9.17, 15) is 0 Å². The Morgan fingerprint density at radius 3 is 1.61 bits per heavy atom. The van der Waals surface area contributed by atoms with E-state index in [1.54, 1.807) is 0 Å². The molecule has 0 spiro atoms. The fraction of sp³-hybridized carbons (Fsp3) is 0.176. The van der Waals surface area contributed by atoms with Gasteiger partial charge in [0.2, 0.25) is 0 Å². The van der Waals surface area contributed by atoms with Crippen molar-refractivity contribution in [3.8, 4) is 0 Å². The van der Waals surface area contributed by atoms with E-state index < -0.39 is 0 Å². The first kappa shape index (κ1) is 30.7. The van der Waals surface area contributed by atoms with Crippen molar-refractivity contribution in [2.24, 2.45) is 0 Å². The maximum Gasteiger partial charge on any atom is 0.175 e. The highest BCUT2D eigenvalue weighted by Crippen LogP contribution is 2.20. The summed E-state index contributed by atoms with van der Waals surface area (Å²) < 4.78 is 0. The Labute approximate surface area is 268 Å². The third-order valence-electron chi connectivity index (χ3n) is 6.95. The highest BCUT2D eigenvalue weighted by Gasteiger charge is 2.06. The van der Waals surface area contributed by atoms with Crippen LogP contribution in [0.4, 0.5) is 22.7 Å². The van der Waals surface area contributed by atoms with Crippen molar-refractivity contribution in [3.63, 3.8) is 0 Å². The molecular formula is C34H36N8S2. The van der Waals surface area contributed by atoms with Crippen LogP contribution in [0, 0.1) is 13.8 Å². The largest absolute Gasteiger partial charge is 0.342 e. The molecule has 0 saturated carbocycles. The quantitative estimate of drug-likeness (QED) is 0.103. The summed E-state index contributed by atoms with van der Waals surface area (Å²) in [5.41, 5.74) is 10.2. The Kier molecular flexibility index (Phi) is 9.83. The molecule has 2 aromatic heterocycles. The summed E-state index contributed by atoms with van der Waals surface area (Å²) in [7, 11) is 0. The van der Waals surface area contributed by atoms with Gasteiger partial charge in [-0.15, -0.1) is 0 Å². The van der Waals surface area contributed by atoms with Crippen molar-refractivity contribution in [1.29, 1.82) is 0 Å². The summed E-state index contributed by atoms with van der Waals surface area (Å²) in [6.07, 6.45) is 1.79. The van der Waals surface area contributed by atoms with Gasteiger partial charge in [0.25, 0.3) is 0 Å². The van der Waals surface area contributed by atoms with Crippen LogP contribution >= 0.6 is 24.4 Å². The zero-order valence-electron chi connectivity index (χ0n) is 25.2. The van der Waals surface area contributed by atoms with E-state index in [1.807, 2.05) is 91.9 Å². The normalized spacial score (nSPS) is 10.6. The minimum atomic E-state index is 0.568. The first-order valence-electron chi connectivity index (χ1n) is 14.5. The van der Waals surface area contributed by atoms with Gasteiger partial charge in [0, 0.05) is 35.6 Å². The maximum atomic E-state index is 5.38.